The molecule has 0 bridgehead atoms. The lowest BCUT2D eigenvalue weighted by atomic mass is 10.1. The molecule has 0 fully saturated rings. The van der Waals surface area contributed by atoms with Gasteiger partial charge in [0.15, 0.2) is 9.84 Å². The molecule has 0 spiro atoms. The van der Waals surface area contributed by atoms with Gasteiger partial charge in [0.25, 0.3) is 0 Å². The fourth-order valence-corrected chi connectivity index (χ4v) is 1.98. The van der Waals surface area contributed by atoms with Crippen molar-refractivity contribution < 1.29 is 23.7 Å². The highest BCUT2D eigenvalue weighted by atomic mass is 32.2. The smallest absolute Gasteiger partial charge is 0.155 e. The minimum atomic E-state index is -3.60. The van der Waals surface area contributed by atoms with Crippen LogP contribution in [0.5, 0.6) is 0 Å². The Hall–Kier alpha value is -0.105. The molecule has 3 N–H and O–H groups in total. The van der Waals surface area contributed by atoms with Crippen molar-refractivity contribution in [2.45, 2.75) is 10.4 Å². The molecule has 5 nitrogen and oxygen atoms in total. The molecule has 0 aliphatic heterocycles. The van der Waals surface area contributed by atoms with Crippen molar-refractivity contribution in [2.24, 2.45) is 0 Å². The summed E-state index contributed by atoms with van der Waals surface area (Å²) >= 11 is 0. The summed E-state index contributed by atoms with van der Waals surface area (Å²) in [4.78, 5) is 0. The summed E-state index contributed by atoms with van der Waals surface area (Å²) < 4.78 is 22.5. The van der Waals surface area contributed by atoms with Gasteiger partial charge in [-0.15, -0.1) is 0 Å². The molecule has 0 aliphatic rings. The van der Waals surface area contributed by atoms with Crippen LogP contribution in [-0.2, 0) is 9.84 Å². The maximum Gasteiger partial charge on any atom is 0.155 e. The average molecular weight is 196 g/mol. The summed E-state index contributed by atoms with van der Waals surface area (Å²) in [5.41, 5.74) is 0. The van der Waals surface area contributed by atoms with E-state index in [1.54, 1.807) is 0 Å². The molecule has 0 aromatic heterocycles. The van der Waals surface area contributed by atoms with E-state index in [1.165, 1.54) is 7.85 Å². The first kappa shape index (κ1) is 11.9. The van der Waals surface area contributed by atoms with Crippen LogP contribution in [0.1, 0.15) is 0 Å². The van der Waals surface area contributed by atoms with Crippen LogP contribution in [0, 0.1) is 0 Å². The van der Waals surface area contributed by atoms with Crippen molar-refractivity contribution in [3.63, 3.8) is 0 Å². The summed E-state index contributed by atoms with van der Waals surface area (Å²) in [7, 11) is -2.27. The van der Waals surface area contributed by atoms with E-state index < -0.39 is 40.1 Å². The number of aliphatic hydroxyl groups is 3. The zero-order valence-electron chi connectivity index (χ0n) is 6.84. The Morgan fingerprint density at radius 2 is 1.50 bits per heavy atom. The molecular formula is C5H13BO5S. The first-order chi connectivity index (χ1) is 5.50. The zero-order valence-corrected chi connectivity index (χ0v) is 7.66. The predicted molar refractivity (Wildman–Crippen MR) is 46.3 cm³/mol. The molecule has 0 saturated carbocycles. The number of sulfone groups is 1. The van der Waals surface area contributed by atoms with Crippen LogP contribution in [0.3, 0.4) is 0 Å². The highest BCUT2D eigenvalue weighted by molar-refractivity contribution is 7.93. The van der Waals surface area contributed by atoms with Crippen molar-refractivity contribution in [3.05, 3.63) is 0 Å². The Morgan fingerprint density at radius 3 is 1.75 bits per heavy atom. The van der Waals surface area contributed by atoms with Gasteiger partial charge in [-0.25, -0.2) is 8.42 Å². The molecule has 0 radical (unpaired) electrons. The molecule has 7 heteroatoms. The monoisotopic (exact) mass is 196 g/mol. The number of aliphatic hydroxyl groups excluding tert-OH is 3. The Kier molecular flexibility index (Phi) is 4.77. The highest BCUT2D eigenvalue weighted by Gasteiger charge is 2.29. The quantitative estimate of drug-likeness (QED) is 0.400. The molecule has 0 unspecified atom stereocenters. The number of hydrogen-bond donors (Lipinski definition) is 3. The lowest BCUT2D eigenvalue weighted by Gasteiger charge is -2.16. The fourth-order valence-electron chi connectivity index (χ4n) is 0.698. The Labute approximate surface area is 72.4 Å². The van der Waals surface area contributed by atoms with Gasteiger partial charge in [0.1, 0.15) is 13.1 Å². The minimum Gasteiger partial charge on any atom is -0.396 e. The van der Waals surface area contributed by atoms with Gasteiger partial charge in [0, 0.05) is 0 Å². The molecular weight excluding hydrogens is 183 g/mol. The van der Waals surface area contributed by atoms with Gasteiger partial charge in [0.2, 0.25) is 0 Å². The molecule has 0 aliphatic carbocycles. The molecule has 1 atom stereocenters. The SMILES string of the molecule is B[C@@H](CO)S(=O)(=O)C(CO)CO. The third-order valence-corrected chi connectivity index (χ3v) is 4.19. The molecule has 0 rings (SSSR count). The van der Waals surface area contributed by atoms with Gasteiger partial charge in [-0.05, 0) is 0 Å². The molecule has 12 heavy (non-hydrogen) atoms. The van der Waals surface area contributed by atoms with Crippen LogP contribution in [0.4, 0.5) is 0 Å². The molecule has 0 amide bonds. The van der Waals surface area contributed by atoms with E-state index in [9.17, 15) is 8.42 Å². The van der Waals surface area contributed by atoms with Gasteiger partial charge in [-0.3, -0.25) is 0 Å². The summed E-state index contributed by atoms with van der Waals surface area (Å²) in [6, 6.07) is 0. The van der Waals surface area contributed by atoms with E-state index in [-0.39, 0.29) is 0 Å². The summed E-state index contributed by atoms with van der Waals surface area (Å²) in [5.74, 6) is 0. The summed E-state index contributed by atoms with van der Waals surface area (Å²) in [6.45, 7) is -1.74. The Balaban J connectivity index is 4.58. The third-order valence-electron chi connectivity index (χ3n) is 1.69. The Morgan fingerprint density at radius 1 is 1.08 bits per heavy atom. The van der Waals surface area contributed by atoms with E-state index in [2.05, 4.69) is 0 Å². The van der Waals surface area contributed by atoms with E-state index >= 15 is 0 Å². The van der Waals surface area contributed by atoms with Crippen LogP contribution < -0.4 is 0 Å². The second-order valence-electron chi connectivity index (χ2n) is 2.57. The van der Waals surface area contributed by atoms with E-state index in [4.69, 9.17) is 15.3 Å². The lowest BCUT2D eigenvalue weighted by molar-refractivity contribution is 0.222. The molecule has 0 aromatic rings. The van der Waals surface area contributed by atoms with Gasteiger partial charge in [-0.1, -0.05) is 0 Å². The molecule has 72 valence electrons. The van der Waals surface area contributed by atoms with Crippen LogP contribution in [-0.4, -0.2) is 61.8 Å². The zero-order chi connectivity index (χ0) is 9.78. The van der Waals surface area contributed by atoms with Crippen LogP contribution in [0.2, 0.25) is 0 Å². The first-order valence-electron chi connectivity index (χ1n) is 3.56. The van der Waals surface area contributed by atoms with Crippen LogP contribution in [0.25, 0.3) is 0 Å². The van der Waals surface area contributed by atoms with Crippen molar-refractivity contribution in [3.8, 4) is 0 Å². The maximum absolute atomic E-state index is 11.2. The molecule has 0 saturated heterocycles. The normalized spacial score (nSPS) is 15.0. The lowest BCUT2D eigenvalue weighted by Crippen LogP contribution is -2.39. The summed E-state index contributed by atoms with van der Waals surface area (Å²) in [5, 5.41) is 23.6. The molecule has 0 aromatic carbocycles. The fraction of sp³-hybridized carbons (Fsp3) is 1.00. The maximum atomic E-state index is 11.2. The summed E-state index contributed by atoms with van der Waals surface area (Å²) in [6.07, 6.45) is 0. The van der Waals surface area contributed by atoms with E-state index in [0.717, 1.165) is 0 Å². The van der Waals surface area contributed by atoms with Crippen molar-refractivity contribution in [1.29, 1.82) is 0 Å². The highest BCUT2D eigenvalue weighted by Crippen LogP contribution is 2.06. The molecule has 0 heterocycles. The van der Waals surface area contributed by atoms with Gasteiger partial charge in [0.05, 0.1) is 25.0 Å². The number of hydrogen-bond acceptors (Lipinski definition) is 5. The van der Waals surface area contributed by atoms with Gasteiger partial charge >= 0.3 is 0 Å². The first-order valence-corrected chi connectivity index (χ1v) is 5.16. The standard InChI is InChI=1S/C5H13BO5S/c6-5(3-9)12(10,11)4(1-7)2-8/h4-5,7-9H,1-3,6H2/t5-/m1/s1. The van der Waals surface area contributed by atoms with Crippen LogP contribution >= 0.6 is 0 Å². The van der Waals surface area contributed by atoms with Crippen molar-refractivity contribution >= 4 is 17.7 Å². The van der Waals surface area contributed by atoms with Gasteiger partial charge < -0.3 is 15.3 Å². The predicted octanol–water partition coefficient (Wildman–Crippen LogP) is -3.29. The number of rotatable bonds is 5. The second kappa shape index (κ2) is 4.81. The average Bonchev–Trinajstić information content (AvgIpc) is 2.04. The van der Waals surface area contributed by atoms with E-state index in [0.29, 0.717) is 0 Å². The Bertz CT molecular complexity index is 210. The van der Waals surface area contributed by atoms with Gasteiger partial charge in [-0.2, -0.15) is 0 Å². The minimum absolute atomic E-state index is 0.501. The second-order valence-corrected chi connectivity index (χ2v) is 5.22. The van der Waals surface area contributed by atoms with Crippen molar-refractivity contribution in [2.75, 3.05) is 19.8 Å². The van der Waals surface area contributed by atoms with Crippen LogP contribution in [0.15, 0.2) is 0 Å². The largest absolute Gasteiger partial charge is 0.396 e. The van der Waals surface area contributed by atoms with Crippen molar-refractivity contribution in [1.82, 2.24) is 0 Å². The van der Waals surface area contributed by atoms with E-state index in [1.807, 2.05) is 0 Å². The topological polar surface area (TPSA) is 94.8 Å². The third kappa shape index (κ3) is 2.44.